The van der Waals surface area contributed by atoms with E-state index in [0.717, 1.165) is 12.1 Å². The fourth-order valence-electron chi connectivity index (χ4n) is 1.62. The Labute approximate surface area is 106 Å². The third-order valence-corrected chi connectivity index (χ3v) is 2.51. The van der Waals surface area contributed by atoms with Crippen LogP contribution in [0.3, 0.4) is 0 Å². The quantitative estimate of drug-likeness (QED) is 0.867. The molecule has 0 atom stereocenters. The Morgan fingerprint density at radius 3 is 2.47 bits per heavy atom. The van der Waals surface area contributed by atoms with Crippen LogP contribution in [0.5, 0.6) is 0 Å². The number of nitrogens with two attached hydrogens (primary N) is 1. The van der Waals surface area contributed by atoms with Crippen molar-refractivity contribution in [1.29, 1.82) is 0 Å². The van der Waals surface area contributed by atoms with Gasteiger partial charge in [0, 0.05) is 5.56 Å². The molecule has 1 aromatic carbocycles. The molecule has 0 aliphatic heterocycles. The van der Waals surface area contributed by atoms with Crippen LogP contribution in [0.15, 0.2) is 18.2 Å². The maximum atomic E-state index is 13.1. The molecule has 1 aromatic heterocycles. The van der Waals surface area contributed by atoms with Gasteiger partial charge >= 0.3 is 5.97 Å². The van der Waals surface area contributed by atoms with Gasteiger partial charge in [-0.2, -0.15) is 0 Å². The highest BCUT2D eigenvalue weighted by atomic mass is 19.2. The number of hydrogen-bond acceptors (Lipinski definition) is 4. The number of hydrogen-bond donors (Lipinski definition) is 2. The molecule has 3 N–H and O–H groups in total. The average molecular weight is 265 g/mol. The second-order valence-electron chi connectivity index (χ2n) is 3.83. The number of carboxylic acid groups (broad SMARTS) is 1. The normalized spacial score (nSPS) is 10.5. The molecule has 0 fully saturated rings. The fourth-order valence-corrected chi connectivity index (χ4v) is 1.62. The van der Waals surface area contributed by atoms with Gasteiger partial charge in [-0.25, -0.2) is 23.5 Å². The Balaban J connectivity index is 2.58. The molecule has 98 valence electrons. The van der Waals surface area contributed by atoms with Gasteiger partial charge in [-0.3, -0.25) is 0 Å². The van der Waals surface area contributed by atoms with Gasteiger partial charge in [0.2, 0.25) is 0 Å². The van der Waals surface area contributed by atoms with Gasteiger partial charge in [-0.1, -0.05) is 0 Å². The van der Waals surface area contributed by atoms with E-state index in [0.29, 0.717) is 0 Å². The molecule has 19 heavy (non-hydrogen) atoms. The Hall–Kier alpha value is -2.57. The minimum atomic E-state index is -1.24. The lowest BCUT2D eigenvalue weighted by molar-refractivity contribution is 0.0696. The Morgan fingerprint density at radius 2 is 1.95 bits per heavy atom. The van der Waals surface area contributed by atoms with Crippen molar-refractivity contribution in [2.75, 3.05) is 5.73 Å². The SMILES string of the molecule is Cc1nc(-c2ccc(F)c(F)c2)nc(N)c1C(=O)O. The van der Waals surface area contributed by atoms with E-state index in [9.17, 15) is 13.6 Å². The summed E-state index contributed by atoms with van der Waals surface area (Å²) in [6.45, 7) is 1.45. The van der Waals surface area contributed by atoms with Gasteiger partial charge in [0.1, 0.15) is 11.4 Å². The first-order valence-corrected chi connectivity index (χ1v) is 5.23. The number of halogens is 2. The zero-order valence-electron chi connectivity index (χ0n) is 9.82. The van der Waals surface area contributed by atoms with E-state index in [2.05, 4.69) is 9.97 Å². The summed E-state index contributed by atoms with van der Waals surface area (Å²) in [6, 6.07) is 3.14. The van der Waals surface area contributed by atoms with Gasteiger partial charge in [0.25, 0.3) is 0 Å². The lowest BCUT2D eigenvalue weighted by Crippen LogP contribution is -2.10. The number of rotatable bonds is 2. The molecule has 5 nitrogen and oxygen atoms in total. The third-order valence-electron chi connectivity index (χ3n) is 2.51. The number of aryl methyl sites for hydroxylation is 1. The first-order valence-electron chi connectivity index (χ1n) is 5.23. The lowest BCUT2D eigenvalue weighted by atomic mass is 10.1. The van der Waals surface area contributed by atoms with E-state index in [1.54, 1.807) is 0 Å². The molecular weight excluding hydrogens is 256 g/mol. The van der Waals surface area contributed by atoms with E-state index in [4.69, 9.17) is 10.8 Å². The summed E-state index contributed by atoms with van der Waals surface area (Å²) in [4.78, 5) is 18.6. The van der Waals surface area contributed by atoms with Gasteiger partial charge < -0.3 is 10.8 Å². The number of nitrogens with zero attached hydrogens (tertiary/aromatic N) is 2. The number of aromatic nitrogens is 2. The van der Waals surface area contributed by atoms with E-state index in [-0.39, 0.29) is 28.5 Å². The summed E-state index contributed by atoms with van der Waals surface area (Å²) in [6.07, 6.45) is 0. The summed E-state index contributed by atoms with van der Waals surface area (Å²) in [5.74, 6) is -3.46. The van der Waals surface area contributed by atoms with Crippen LogP contribution in [0.2, 0.25) is 0 Å². The molecule has 0 aliphatic rings. The van der Waals surface area contributed by atoms with E-state index < -0.39 is 17.6 Å². The summed E-state index contributed by atoms with van der Waals surface area (Å²) in [7, 11) is 0. The van der Waals surface area contributed by atoms with E-state index >= 15 is 0 Å². The first kappa shape index (κ1) is 12.9. The van der Waals surface area contributed by atoms with Crippen LogP contribution < -0.4 is 5.73 Å². The van der Waals surface area contributed by atoms with Gasteiger partial charge in [0.15, 0.2) is 17.5 Å². The monoisotopic (exact) mass is 265 g/mol. The number of aromatic carboxylic acids is 1. The summed E-state index contributed by atoms with van der Waals surface area (Å²) >= 11 is 0. The molecule has 0 unspecified atom stereocenters. The third kappa shape index (κ3) is 2.35. The van der Waals surface area contributed by atoms with Crippen molar-refractivity contribution in [3.63, 3.8) is 0 Å². The van der Waals surface area contributed by atoms with Crippen LogP contribution >= 0.6 is 0 Å². The number of carboxylic acids is 1. The van der Waals surface area contributed by atoms with Crippen molar-refractivity contribution in [2.24, 2.45) is 0 Å². The highest BCUT2D eigenvalue weighted by molar-refractivity contribution is 5.94. The average Bonchev–Trinajstić information content (AvgIpc) is 2.31. The minimum Gasteiger partial charge on any atom is -0.477 e. The maximum Gasteiger partial charge on any atom is 0.341 e. The second-order valence-corrected chi connectivity index (χ2v) is 3.83. The Kier molecular flexibility index (Phi) is 3.12. The largest absolute Gasteiger partial charge is 0.477 e. The van der Waals surface area contributed by atoms with Crippen molar-refractivity contribution in [1.82, 2.24) is 9.97 Å². The van der Waals surface area contributed by atoms with Gasteiger partial charge in [-0.05, 0) is 25.1 Å². The molecular formula is C12H9F2N3O2. The second kappa shape index (κ2) is 4.60. The minimum absolute atomic E-state index is 0.0406. The van der Waals surface area contributed by atoms with Gasteiger partial charge in [0.05, 0.1) is 5.69 Å². The van der Waals surface area contributed by atoms with E-state index in [1.807, 2.05) is 0 Å². The lowest BCUT2D eigenvalue weighted by Gasteiger charge is -2.07. The molecule has 2 rings (SSSR count). The summed E-state index contributed by atoms with van der Waals surface area (Å²) < 4.78 is 25.9. The van der Waals surface area contributed by atoms with Crippen LogP contribution in [-0.2, 0) is 0 Å². The number of nitrogen functional groups attached to an aromatic ring is 1. The molecule has 0 amide bonds. The zero-order valence-corrected chi connectivity index (χ0v) is 9.82. The van der Waals surface area contributed by atoms with Crippen LogP contribution in [0.1, 0.15) is 16.1 Å². The fraction of sp³-hybridized carbons (Fsp3) is 0.0833. The summed E-state index contributed by atoms with van der Waals surface area (Å²) in [5, 5.41) is 8.92. The number of carbonyl (C=O) groups is 1. The van der Waals surface area contributed by atoms with Crippen molar-refractivity contribution in [2.45, 2.75) is 6.92 Å². The molecule has 7 heteroatoms. The molecule has 0 radical (unpaired) electrons. The predicted molar refractivity (Wildman–Crippen MR) is 63.5 cm³/mol. The Morgan fingerprint density at radius 1 is 1.26 bits per heavy atom. The molecule has 0 bridgehead atoms. The van der Waals surface area contributed by atoms with Crippen LogP contribution in [0.25, 0.3) is 11.4 Å². The van der Waals surface area contributed by atoms with Gasteiger partial charge in [-0.15, -0.1) is 0 Å². The standard InChI is InChI=1S/C12H9F2N3O2/c1-5-9(12(18)19)10(15)17-11(16-5)6-2-3-7(13)8(14)4-6/h2-4H,1H3,(H,18,19)(H2,15,16,17). The first-order chi connectivity index (χ1) is 8.90. The zero-order chi connectivity index (χ0) is 14.2. The van der Waals surface area contributed by atoms with Crippen LogP contribution in [0.4, 0.5) is 14.6 Å². The Bertz CT molecular complexity index is 651. The summed E-state index contributed by atoms with van der Waals surface area (Å²) in [5.41, 5.74) is 5.69. The topological polar surface area (TPSA) is 89.1 Å². The van der Waals surface area contributed by atoms with E-state index in [1.165, 1.54) is 13.0 Å². The maximum absolute atomic E-state index is 13.1. The highest BCUT2D eigenvalue weighted by Gasteiger charge is 2.17. The number of anilines is 1. The van der Waals surface area contributed by atoms with Crippen molar-refractivity contribution in [3.8, 4) is 11.4 Å². The van der Waals surface area contributed by atoms with Crippen molar-refractivity contribution < 1.29 is 18.7 Å². The van der Waals surface area contributed by atoms with Crippen molar-refractivity contribution >= 4 is 11.8 Å². The van der Waals surface area contributed by atoms with Crippen LogP contribution in [-0.4, -0.2) is 21.0 Å². The molecule has 0 spiro atoms. The molecule has 0 aliphatic carbocycles. The molecule has 1 heterocycles. The number of benzene rings is 1. The smallest absolute Gasteiger partial charge is 0.341 e. The van der Waals surface area contributed by atoms with Crippen LogP contribution in [0, 0.1) is 18.6 Å². The molecule has 2 aromatic rings. The van der Waals surface area contributed by atoms with Crippen molar-refractivity contribution in [3.05, 3.63) is 41.1 Å². The predicted octanol–water partition coefficient (Wildman–Crippen LogP) is 2.01. The highest BCUT2D eigenvalue weighted by Crippen LogP contribution is 2.22. The molecule has 0 saturated carbocycles. The molecule has 0 saturated heterocycles.